The minimum Gasteiger partial charge on any atom is -0.507 e. The number of hydrogen-bond donors (Lipinski definition) is 2. The Bertz CT molecular complexity index is 1480. The first-order valence-electron chi connectivity index (χ1n) is 11.3. The molecule has 9 heteroatoms. The molecule has 2 aliphatic carbocycles. The third kappa shape index (κ3) is 3.06. The quantitative estimate of drug-likeness (QED) is 0.610. The van der Waals surface area contributed by atoms with Crippen molar-refractivity contribution < 1.29 is 43.7 Å². The molecule has 4 unspecified atom stereocenters. The van der Waals surface area contributed by atoms with Crippen LogP contribution in [0.4, 0.5) is 0 Å². The van der Waals surface area contributed by atoms with Gasteiger partial charge in [-0.2, -0.15) is 0 Å². The lowest BCUT2D eigenvalue weighted by Gasteiger charge is -2.36. The molecule has 9 nitrogen and oxygen atoms in total. The fraction of sp³-hybridized carbons (Fsp3) is 0.222. The lowest BCUT2D eigenvalue weighted by atomic mass is 9.75. The second-order valence-electron chi connectivity index (χ2n) is 9.03. The van der Waals surface area contributed by atoms with Gasteiger partial charge in [-0.1, -0.05) is 48.5 Å². The molecule has 180 valence electrons. The van der Waals surface area contributed by atoms with E-state index in [1.54, 1.807) is 24.3 Å². The van der Waals surface area contributed by atoms with Crippen LogP contribution in [0.5, 0.6) is 0 Å². The molecule has 6 rings (SSSR count). The number of ether oxygens (including phenoxy) is 2. The number of cyclic esters (lactones) is 1. The average Bonchev–Trinajstić information content (AvgIpc) is 2.89. The first kappa shape index (κ1) is 22.3. The topological polar surface area (TPSA) is 144 Å². The Morgan fingerprint density at radius 1 is 0.806 bits per heavy atom. The van der Waals surface area contributed by atoms with Gasteiger partial charge in [0.2, 0.25) is 5.78 Å². The van der Waals surface area contributed by atoms with E-state index in [0.29, 0.717) is 0 Å². The van der Waals surface area contributed by atoms with Crippen LogP contribution in [0, 0.1) is 5.92 Å². The Morgan fingerprint density at radius 3 is 2.11 bits per heavy atom. The fourth-order valence-corrected chi connectivity index (χ4v) is 5.37. The van der Waals surface area contributed by atoms with Crippen LogP contribution in [0.25, 0.3) is 5.76 Å². The predicted molar refractivity (Wildman–Crippen MR) is 121 cm³/mol. The van der Waals surface area contributed by atoms with E-state index < -0.39 is 53.5 Å². The molecule has 0 radical (unpaired) electrons. The van der Waals surface area contributed by atoms with Gasteiger partial charge in [0.1, 0.15) is 11.9 Å². The number of aliphatic hydroxyl groups is 2. The van der Waals surface area contributed by atoms with E-state index in [1.807, 2.05) is 0 Å². The summed E-state index contributed by atoms with van der Waals surface area (Å²) in [5.74, 6) is -4.68. The zero-order valence-corrected chi connectivity index (χ0v) is 18.6. The number of fused-ring (bicyclic) bond motifs is 3. The lowest BCUT2D eigenvalue weighted by molar-refractivity contribution is -0.170. The van der Waals surface area contributed by atoms with Crippen molar-refractivity contribution in [3.8, 4) is 0 Å². The van der Waals surface area contributed by atoms with Gasteiger partial charge in [-0.05, 0) is 0 Å². The number of carbonyl (C=O) groups excluding carboxylic acids is 5. The van der Waals surface area contributed by atoms with Crippen molar-refractivity contribution in [2.45, 2.75) is 31.3 Å². The second kappa shape index (κ2) is 7.91. The molecule has 0 amide bonds. The highest BCUT2D eigenvalue weighted by Crippen LogP contribution is 2.41. The zero-order valence-electron chi connectivity index (χ0n) is 18.6. The summed E-state index contributed by atoms with van der Waals surface area (Å²) in [5.41, 5.74) is 0.314. The summed E-state index contributed by atoms with van der Waals surface area (Å²) in [6, 6.07) is 12.5. The molecule has 2 aromatic rings. The Labute approximate surface area is 203 Å². The van der Waals surface area contributed by atoms with E-state index in [4.69, 9.17) is 9.47 Å². The van der Waals surface area contributed by atoms with Gasteiger partial charge >= 0.3 is 5.97 Å². The molecule has 2 aromatic carbocycles. The van der Waals surface area contributed by atoms with Crippen LogP contribution >= 0.6 is 0 Å². The van der Waals surface area contributed by atoms with Gasteiger partial charge in [-0.3, -0.25) is 19.2 Å². The van der Waals surface area contributed by atoms with Crippen molar-refractivity contribution in [3.05, 3.63) is 87.5 Å². The average molecular weight is 486 g/mol. The third-order valence-corrected chi connectivity index (χ3v) is 7.11. The summed E-state index contributed by atoms with van der Waals surface area (Å²) >= 11 is 0. The van der Waals surface area contributed by atoms with Crippen LogP contribution < -0.4 is 0 Å². The highest BCUT2D eigenvalue weighted by atomic mass is 16.6. The minimum absolute atomic E-state index is 0.0289. The summed E-state index contributed by atoms with van der Waals surface area (Å²) in [6.07, 6.45) is -5.14. The summed E-state index contributed by atoms with van der Waals surface area (Å²) in [5, 5.41) is 21.2. The Balaban J connectivity index is 1.29. The number of carbonyl (C=O) groups is 5. The lowest BCUT2D eigenvalue weighted by Crippen LogP contribution is -2.49. The standard InChI is InChI=1S/C27H18O9/c28-21-11-5-1-3-7-13(11)23(30)19-15(21)9-17(35-26(19)33)25(32)18-10-16-20(27(34)36-18)24(31)14-8-4-2-6-12(14)22(16)29/h1-8,15,17-18,27,30,34H,9-10H2. The monoisotopic (exact) mass is 486 g/mol. The van der Waals surface area contributed by atoms with Crippen molar-refractivity contribution in [2.24, 2.45) is 5.92 Å². The Morgan fingerprint density at radius 2 is 1.42 bits per heavy atom. The third-order valence-electron chi connectivity index (χ3n) is 7.11. The second-order valence-corrected chi connectivity index (χ2v) is 9.03. The molecule has 0 saturated carbocycles. The fourth-order valence-electron chi connectivity index (χ4n) is 5.37. The van der Waals surface area contributed by atoms with Crippen molar-refractivity contribution in [2.75, 3.05) is 0 Å². The maximum absolute atomic E-state index is 13.3. The van der Waals surface area contributed by atoms with Crippen molar-refractivity contribution in [1.82, 2.24) is 0 Å². The van der Waals surface area contributed by atoms with Gasteiger partial charge in [0.25, 0.3) is 0 Å². The van der Waals surface area contributed by atoms with E-state index in [2.05, 4.69) is 0 Å². The van der Waals surface area contributed by atoms with Crippen LogP contribution in [-0.4, -0.2) is 57.8 Å². The molecule has 36 heavy (non-hydrogen) atoms. The van der Waals surface area contributed by atoms with Gasteiger partial charge < -0.3 is 19.7 Å². The van der Waals surface area contributed by atoms with E-state index in [1.165, 1.54) is 24.3 Å². The molecule has 1 fully saturated rings. The number of aliphatic hydroxyl groups excluding tert-OH is 2. The summed E-state index contributed by atoms with van der Waals surface area (Å²) in [6.45, 7) is 0. The summed E-state index contributed by atoms with van der Waals surface area (Å²) < 4.78 is 10.7. The number of rotatable bonds is 2. The number of esters is 1. The maximum atomic E-state index is 13.3. The molecule has 0 bridgehead atoms. The predicted octanol–water partition coefficient (Wildman–Crippen LogP) is 2.14. The van der Waals surface area contributed by atoms with Gasteiger partial charge in [0.15, 0.2) is 29.7 Å². The molecule has 4 atom stereocenters. The van der Waals surface area contributed by atoms with Crippen LogP contribution in [0.1, 0.15) is 49.5 Å². The van der Waals surface area contributed by atoms with Crippen LogP contribution in [0.2, 0.25) is 0 Å². The van der Waals surface area contributed by atoms with Crippen molar-refractivity contribution >= 4 is 34.9 Å². The Hall–Kier alpha value is -4.21. The number of ketones is 4. The first-order valence-corrected chi connectivity index (χ1v) is 11.3. The number of Topliss-reactive ketones (excluding diaryl/α,β-unsaturated/α-hetero) is 4. The first-order chi connectivity index (χ1) is 17.3. The number of benzene rings is 2. The highest BCUT2D eigenvalue weighted by molar-refractivity contribution is 6.27. The smallest absolute Gasteiger partial charge is 0.339 e. The van der Waals surface area contributed by atoms with Gasteiger partial charge in [-0.25, -0.2) is 4.79 Å². The van der Waals surface area contributed by atoms with Gasteiger partial charge in [0.05, 0.1) is 17.1 Å². The van der Waals surface area contributed by atoms with Gasteiger partial charge in [0, 0.05) is 40.7 Å². The largest absolute Gasteiger partial charge is 0.507 e. The molecule has 2 N–H and O–H groups in total. The van der Waals surface area contributed by atoms with E-state index in [0.717, 1.165) is 0 Å². The van der Waals surface area contributed by atoms with E-state index in [9.17, 15) is 34.2 Å². The van der Waals surface area contributed by atoms with Gasteiger partial charge in [-0.15, -0.1) is 0 Å². The molecular formula is C27H18O9. The molecular weight excluding hydrogens is 468 g/mol. The maximum Gasteiger partial charge on any atom is 0.339 e. The molecule has 0 aromatic heterocycles. The molecule has 2 heterocycles. The highest BCUT2D eigenvalue weighted by Gasteiger charge is 2.49. The molecule has 4 aliphatic rings. The Kier molecular flexibility index (Phi) is 4.89. The van der Waals surface area contributed by atoms with E-state index in [-0.39, 0.29) is 57.6 Å². The zero-order chi connectivity index (χ0) is 25.3. The van der Waals surface area contributed by atoms with Crippen LogP contribution in [0.15, 0.2) is 65.3 Å². The van der Waals surface area contributed by atoms with Crippen molar-refractivity contribution in [3.63, 3.8) is 0 Å². The molecule has 1 saturated heterocycles. The normalized spacial score (nSPS) is 27.1. The van der Waals surface area contributed by atoms with Crippen LogP contribution in [0.3, 0.4) is 0 Å². The molecule has 2 aliphatic heterocycles. The van der Waals surface area contributed by atoms with Crippen molar-refractivity contribution in [1.29, 1.82) is 0 Å². The number of hydrogen-bond acceptors (Lipinski definition) is 9. The summed E-state index contributed by atoms with van der Waals surface area (Å²) in [7, 11) is 0. The minimum atomic E-state index is -1.82. The molecule has 0 spiro atoms. The summed E-state index contributed by atoms with van der Waals surface area (Å²) in [4.78, 5) is 65.2. The SMILES string of the molecule is O=C1OC(C(=O)C2CC3=C(C(=O)c4ccccc4C3=O)C(O)O2)CC2C(=O)c3ccccc3C(O)=C12. The van der Waals surface area contributed by atoms with E-state index >= 15 is 0 Å². The van der Waals surface area contributed by atoms with Crippen LogP contribution in [-0.2, 0) is 19.1 Å².